The second-order valence-corrected chi connectivity index (χ2v) is 6.97. The first-order valence-electron chi connectivity index (χ1n) is 7.45. The molecule has 2 N–H and O–H groups in total. The van der Waals surface area contributed by atoms with Crippen LogP contribution in [0.3, 0.4) is 0 Å². The second kappa shape index (κ2) is 7.83. The Morgan fingerprint density at radius 2 is 1.88 bits per heavy atom. The molecule has 0 radical (unpaired) electrons. The van der Waals surface area contributed by atoms with Crippen LogP contribution in [0.15, 0.2) is 48.5 Å². The van der Waals surface area contributed by atoms with Gasteiger partial charge in [-0.05, 0) is 42.8 Å². The maximum Gasteiger partial charge on any atom is 0.251 e. The van der Waals surface area contributed by atoms with Crippen LogP contribution in [0.1, 0.15) is 22.8 Å². The summed E-state index contributed by atoms with van der Waals surface area (Å²) < 4.78 is 30.3. The summed E-state index contributed by atoms with van der Waals surface area (Å²) in [5.41, 5.74) is 1.65. The second-order valence-electron chi connectivity index (χ2n) is 5.22. The Morgan fingerprint density at radius 3 is 2.58 bits per heavy atom. The van der Waals surface area contributed by atoms with Crippen LogP contribution in [-0.2, 0) is 16.6 Å². The van der Waals surface area contributed by atoms with E-state index in [0.717, 1.165) is 17.6 Å². The predicted octanol–water partition coefficient (Wildman–Crippen LogP) is 2.39. The molecule has 0 saturated heterocycles. The number of benzene rings is 2. The summed E-state index contributed by atoms with van der Waals surface area (Å²) in [7, 11) is -3.38. The molecule has 6 nitrogen and oxygen atoms in total. The molecule has 2 aromatic rings. The first kappa shape index (κ1) is 17.8. The minimum atomic E-state index is -3.38. The highest BCUT2D eigenvalue weighted by atomic mass is 32.2. The number of nitrogens with one attached hydrogen (secondary N) is 2. The third-order valence-electron chi connectivity index (χ3n) is 3.09. The van der Waals surface area contributed by atoms with Crippen molar-refractivity contribution in [1.82, 2.24) is 5.32 Å². The summed E-state index contributed by atoms with van der Waals surface area (Å²) in [6.45, 7) is 2.84. The van der Waals surface area contributed by atoms with Crippen molar-refractivity contribution in [2.45, 2.75) is 13.5 Å². The molecule has 0 bridgehead atoms. The topological polar surface area (TPSA) is 84.5 Å². The summed E-state index contributed by atoms with van der Waals surface area (Å²) in [4.78, 5) is 12.2. The zero-order valence-electron chi connectivity index (χ0n) is 13.6. The van der Waals surface area contributed by atoms with Gasteiger partial charge in [0.2, 0.25) is 10.0 Å². The summed E-state index contributed by atoms with van der Waals surface area (Å²) in [5, 5.41) is 2.80. The molecule has 1 amide bonds. The number of carbonyl (C=O) groups is 1. The van der Waals surface area contributed by atoms with Gasteiger partial charge in [0.1, 0.15) is 5.75 Å². The average molecular weight is 348 g/mol. The van der Waals surface area contributed by atoms with Crippen molar-refractivity contribution < 1.29 is 17.9 Å². The lowest BCUT2D eigenvalue weighted by molar-refractivity contribution is 0.0951. The number of sulfonamides is 1. The number of ether oxygens (including phenoxy) is 1. The van der Waals surface area contributed by atoms with Crippen LogP contribution in [0.4, 0.5) is 5.69 Å². The molecule has 2 rings (SSSR count). The highest BCUT2D eigenvalue weighted by Gasteiger charge is 2.08. The molecule has 128 valence electrons. The summed E-state index contributed by atoms with van der Waals surface area (Å²) in [6, 6.07) is 13.8. The number of rotatable bonds is 7. The van der Waals surface area contributed by atoms with Gasteiger partial charge in [-0.15, -0.1) is 0 Å². The van der Waals surface area contributed by atoms with Crippen LogP contribution < -0.4 is 14.8 Å². The van der Waals surface area contributed by atoms with Gasteiger partial charge in [-0.25, -0.2) is 8.42 Å². The van der Waals surface area contributed by atoms with Gasteiger partial charge in [0.25, 0.3) is 5.91 Å². The smallest absolute Gasteiger partial charge is 0.251 e. The lowest BCUT2D eigenvalue weighted by atomic mass is 10.1. The molecule has 0 aromatic heterocycles. The maximum absolute atomic E-state index is 12.2. The van der Waals surface area contributed by atoms with E-state index < -0.39 is 10.0 Å². The van der Waals surface area contributed by atoms with Crippen LogP contribution in [0.25, 0.3) is 0 Å². The zero-order valence-corrected chi connectivity index (χ0v) is 14.4. The van der Waals surface area contributed by atoms with Gasteiger partial charge in [-0.1, -0.05) is 18.2 Å². The maximum atomic E-state index is 12.2. The Labute approximate surface area is 141 Å². The fourth-order valence-electron chi connectivity index (χ4n) is 2.13. The summed E-state index contributed by atoms with van der Waals surface area (Å²) in [6.07, 6.45) is 1.06. The molecule has 0 aliphatic carbocycles. The number of hydrogen-bond acceptors (Lipinski definition) is 4. The molecule has 0 atom stereocenters. The molecule has 0 aliphatic rings. The molecule has 2 aromatic carbocycles. The van der Waals surface area contributed by atoms with Gasteiger partial charge in [0, 0.05) is 17.8 Å². The molecule has 7 heteroatoms. The van der Waals surface area contributed by atoms with Crippen LogP contribution in [0, 0.1) is 0 Å². The lowest BCUT2D eigenvalue weighted by Gasteiger charge is -2.09. The van der Waals surface area contributed by atoms with Crippen molar-refractivity contribution in [2.75, 3.05) is 17.6 Å². The predicted molar refractivity (Wildman–Crippen MR) is 93.7 cm³/mol. The molecular weight excluding hydrogens is 328 g/mol. The van der Waals surface area contributed by atoms with Crippen LogP contribution in [0.5, 0.6) is 5.75 Å². The standard InChI is InChI=1S/C17H20N2O4S/c1-3-23-16-9-4-6-13(10-16)12-18-17(20)14-7-5-8-15(11-14)19-24(2,21)22/h4-11,19H,3,12H2,1-2H3,(H,18,20). The van der Waals surface area contributed by atoms with Crippen molar-refractivity contribution >= 4 is 21.6 Å². The van der Waals surface area contributed by atoms with E-state index in [9.17, 15) is 13.2 Å². The number of amides is 1. The third kappa shape index (κ3) is 5.58. The Morgan fingerprint density at radius 1 is 1.12 bits per heavy atom. The van der Waals surface area contributed by atoms with E-state index in [1.807, 2.05) is 31.2 Å². The van der Waals surface area contributed by atoms with E-state index in [1.165, 1.54) is 6.07 Å². The van der Waals surface area contributed by atoms with Gasteiger partial charge in [-0.2, -0.15) is 0 Å². The van der Waals surface area contributed by atoms with Crippen LogP contribution in [-0.4, -0.2) is 27.2 Å². The first-order chi connectivity index (χ1) is 11.4. The van der Waals surface area contributed by atoms with Crippen molar-refractivity contribution in [3.63, 3.8) is 0 Å². The van der Waals surface area contributed by atoms with E-state index in [4.69, 9.17) is 4.74 Å². The van der Waals surface area contributed by atoms with E-state index >= 15 is 0 Å². The monoisotopic (exact) mass is 348 g/mol. The molecule has 24 heavy (non-hydrogen) atoms. The van der Waals surface area contributed by atoms with E-state index in [0.29, 0.717) is 24.4 Å². The molecule has 0 unspecified atom stereocenters. The first-order valence-corrected chi connectivity index (χ1v) is 9.34. The summed E-state index contributed by atoms with van der Waals surface area (Å²) in [5.74, 6) is 0.470. The summed E-state index contributed by atoms with van der Waals surface area (Å²) >= 11 is 0. The van der Waals surface area contributed by atoms with E-state index in [2.05, 4.69) is 10.0 Å². The highest BCUT2D eigenvalue weighted by molar-refractivity contribution is 7.92. The van der Waals surface area contributed by atoms with Gasteiger partial charge >= 0.3 is 0 Å². The van der Waals surface area contributed by atoms with Crippen LogP contribution in [0.2, 0.25) is 0 Å². The Kier molecular flexibility index (Phi) is 5.81. The van der Waals surface area contributed by atoms with Crippen molar-refractivity contribution in [1.29, 1.82) is 0 Å². The molecule has 0 fully saturated rings. The Balaban J connectivity index is 2.02. The number of hydrogen-bond donors (Lipinski definition) is 2. The molecule has 0 aliphatic heterocycles. The van der Waals surface area contributed by atoms with Crippen molar-refractivity contribution in [2.24, 2.45) is 0 Å². The minimum Gasteiger partial charge on any atom is -0.494 e. The fraction of sp³-hybridized carbons (Fsp3) is 0.235. The average Bonchev–Trinajstić information content (AvgIpc) is 2.52. The molecule has 0 heterocycles. The van der Waals surface area contributed by atoms with Crippen LogP contribution >= 0.6 is 0 Å². The lowest BCUT2D eigenvalue weighted by Crippen LogP contribution is -2.23. The van der Waals surface area contributed by atoms with Gasteiger partial charge < -0.3 is 10.1 Å². The van der Waals surface area contributed by atoms with E-state index in [1.54, 1.807) is 18.2 Å². The molecule has 0 spiro atoms. The number of anilines is 1. The van der Waals surface area contributed by atoms with Gasteiger partial charge in [0.05, 0.1) is 12.9 Å². The molecule has 0 saturated carbocycles. The SMILES string of the molecule is CCOc1cccc(CNC(=O)c2cccc(NS(C)(=O)=O)c2)c1. The zero-order chi connectivity index (χ0) is 17.6. The van der Waals surface area contributed by atoms with Crippen molar-refractivity contribution in [3.8, 4) is 5.75 Å². The van der Waals surface area contributed by atoms with Gasteiger partial charge in [0.15, 0.2) is 0 Å². The minimum absolute atomic E-state index is 0.283. The van der Waals surface area contributed by atoms with E-state index in [-0.39, 0.29) is 5.91 Å². The fourth-order valence-corrected chi connectivity index (χ4v) is 2.69. The van der Waals surface area contributed by atoms with Gasteiger partial charge in [-0.3, -0.25) is 9.52 Å². The molecular formula is C17H20N2O4S. The van der Waals surface area contributed by atoms with Crippen molar-refractivity contribution in [3.05, 3.63) is 59.7 Å². The normalized spacial score (nSPS) is 10.9. The third-order valence-corrected chi connectivity index (χ3v) is 3.70. The largest absolute Gasteiger partial charge is 0.494 e. The highest BCUT2D eigenvalue weighted by Crippen LogP contribution is 2.14. The number of carbonyl (C=O) groups excluding carboxylic acids is 1. The quantitative estimate of drug-likeness (QED) is 0.805. The Bertz CT molecular complexity index is 819. The Hall–Kier alpha value is -2.54.